The van der Waals surface area contributed by atoms with Gasteiger partial charge in [0.25, 0.3) is 0 Å². The zero-order valence-corrected chi connectivity index (χ0v) is 11.7. The predicted molar refractivity (Wildman–Crippen MR) is 75.9 cm³/mol. The standard InChI is InChI=1S/C15H20N4/c1-4-12-5-6-13(18-10-12)9-15(16-3)14-7-8-17-11(2)19-14/h5-8,10,15-16H,4,9H2,1-3H3. The zero-order chi connectivity index (χ0) is 13.7. The number of aromatic nitrogens is 3. The smallest absolute Gasteiger partial charge is 0.125 e. The van der Waals surface area contributed by atoms with E-state index in [-0.39, 0.29) is 6.04 Å². The van der Waals surface area contributed by atoms with Crippen LogP contribution in [0.4, 0.5) is 0 Å². The maximum atomic E-state index is 4.50. The summed E-state index contributed by atoms with van der Waals surface area (Å²) in [6.07, 6.45) is 5.60. The van der Waals surface area contributed by atoms with Crippen molar-refractivity contribution in [1.82, 2.24) is 20.3 Å². The molecule has 0 aromatic carbocycles. The van der Waals surface area contributed by atoms with E-state index in [0.29, 0.717) is 0 Å². The van der Waals surface area contributed by atoms with Gasteiger partial charge in [0.15, 0.2) is 0 Å². The second-order valence-electron chi connectivity index (χ2n) is 4.59. The fourth-order valence-electron chi connectivity index (χ4n) is 2.02. The molecule has 0 saturated heterocycles. The zero-order valence-electron chi connectivity index (χ0n) is 11.7. The lowest BCUT2D eigenvalue weighted by Gasteiger charge is -2.15. The summed E-state index contributed by atoms with van der Waals surface area (Å²) in [5.41, 5.74) is 3.35. The predicted octanol–water partition coefficient (Wildman–Crippen LogP) is 2.25. The van der Waals surface area contributed by atoms with Crippen molar-refractivity contribution in [1.29, 1.82) is 0 Å². The van der Waals surface area contributed by atoms with Crippen LogP contribution in [-0.2, 0) is 12.8 Å². The number of pyridine rings is 1. The molecule has 1 N–H and O–H groups in total. The first-order valence-electron chi connectivity index (χ1n) is 6.63. The van der Waals surface area contributed by atoms with Gasteiger partial charge in [-0.1, -0.05) is 13.0 Å². The van der Waals surface area contributed by atoms with Gasteiger partial charge in [0, 0.05) is 24.5 Å². The molecule has 0 aliphatic heterocycles. The second kappa shape index (κ2) is 6.38. The van der Waals surface area contributed by atoms with Crippen LogP contribution in [-0.4, -0.2) is 22.0 Å². The van der Waals surface area contributed by atoms with Gasteiger partial charge >= 0.3 is 0 Å². The first-order chi connectivity index (χ1) is 9.22. The van der Waals surface area contributed by atoms with E-state index in [0.717, 1.165) is 30.1 Å². The van der Waals surface area contributed by atoms with Crippen molar-refractivity contribution in [3.05, 3.63) is 53.4 Å². The molecule has 0 bridgehead atoms. The summed E-state index contributed by atoms with van der Waals surface area (Å²) in [5, 5.41) is 3.29. The number of nitrogens with zero attached hydrogens (tertiary/aromatic N) is 3. The van der Waals surface area contributed by atoms with Gasteiger partial charge in [-0.05, 0) is 38.1 Å². The van der Waals surface area contributed by atoms with Gasteiger partial charge < -0.3 is 5.32 Å². The first kappa shape index (κ1) is 13.6. The average molecular weight is 256 g/mol. The Morgan fingerprint density at radius 1 is 1.21 bits per heavy atom. The molecule has 2 aromatic rings. The summed E-state index contributed by atoms with van der Waals surface area (Å²) in [6, 6.07) is 6.35. The molecule has 1 unspecified atom stereocenters. The largest absolute Gasteiger partial charge is 0.311 e. The molecule has 0 saturated carbocycles. The lowest BCUT2D eigenvalue weighted by atomic mass is 10.1. The Bertz CT molecular complexity index is 522. The molecule has 0 spiro atoms. The third-order valence-corrected chi connectivity index (χ3v) is 3.21. The highest BCUT2D eigenvalue weighted by Crippen LogP contribution is 2.15. The minimum Gasteiger partial charge on any atom is -0.311 e. The van der Waals surface area contributed by atoms with Gasteiger partial charge in [-0.3, -0.25) is 4.98 Å². The molecular formula is C15H20N4. The first-order valence-corrected chi connectivity index (χ1v) is 6.63. The van der Waals surface area contributed by atoms with Gasteiger partial charge in [0.2, 0.25) is 0 Å². The summed E-state index contributed by atoms with van der Waals surface area (Å²) in [6.45, 7) is 4.04. The molecule has 19 heavy (non-hydrogen) atoms. The van der Waals surface area contributed by atoms with Crippen LogP contribution in [0.3, 0.4) is 0 Å². The van der Waals surface area contributed by atoms with Crippen LogP contribution in [0.5, 0.6) is 0 Å². The number of likely N-dealkylation sites (N-methyl/N-ethyl adjacent to an activating group) is 1. The highest BCUT2D eigenvalue weighted by atomic mass is 14.9. The fraction of sp³-hybridized carbons (Fsp3) is 0.400. The Labute approximate surface area is 114 Å². The van der Waals surface area contributed by atoms with Crippen molar-refractivity contribution in [3.63, 3.8) is 0 Å². The number of rotatable bonds is 5. The fourth-order valence-corrected chi connectivity index (χ4v) is 2.02. The van der Waals surface area contributed by atoms with Crippen LogP contribution in [0.25, 0.3) is 0 Å². The number of nitrogens with one attached hydrogen (secondary N) is 1. The second-order valence-corrected chi connectivity index (χ2v) is 4.59. The van der Waals surface area contributed by atoms with Crippen molar-refractivity contribution in [3.8, 4) is 0 Å². The van der Waals surface area contributed by atoms with Crippen LogP contribution in [0.15, 0.2) is 30.6 Å². The van der Waals surface area contributed by atoms with Crippen molar-refractivity contribution in [2.75, 3.05) is 7.05 Å². The van der Waals surface area contributed by atoms with Gasteiger partial charge in [0.05, 0.1) is 11.7 Å². The summed E-state index contributed by atoms with van der Waals surface area (Å²) < 4.78 is 0. The molecule has 2 heterocycles. The monoisotopic (exact) mass is 256 g/mol. The number of hydrogen-bond acceptors (Lipinski definition) is 4. The Kier molecular flexibility index (Phi) is 4.58. The molecule has 0 radical (unpaired) electrons. The number of hydrogen-bond donors (Lipinski definition) is 1. The Balaban J connectivity index is 2.14. The maximum Gasteiger partial charge on any atom is 0.125 e. The van der Waals surface area contributed by atoms with Crippen molar-refractivity contribution in [2.24, 2.45) is 0 Å². The summed E-state index contributed by atoms with van der Waals surface area (Å²) in [5.74, 6) is 0.798. The molecule has 1 atom stereocenters. The molecular weight excluding hydrogens is 236 g/mol. The topological polar surface area (TPSA) is 50.7 Å². The molecule has 4 heteroatoms. The maximum absolute atomic E-state index is 4.50. The van der Waals surface area contributed by atoms with E-state index >= 15 is 0 Å². The van der Waals surface area contributed by atoms with Gasteiger partial charge in [-0.2, -0.15) is 0 Å². The number of aryl methyl sites for hydroxylation is 2. The molecule has 2 aromatic heterocycles. The normalized spacial score (nSPS) is 12.4. The van der Waals surface area contributed by atoms with E-state index in [1.807, 2.05) is 26.2 Å². The highest BCUT2D eigenvalue weighted by molar-refractivity contribution is 5.17. The molecule has 100 valence electrons. The van der Waals surface area contributed by atoms with E-state index in [2.05, 4.69) is 39.3 Å². The van der Waals surface area contributed by atoms with E-state index in [1.54, 1.807) is 6.20 Å². The molecule has 0 fully saturated rings. The molecule has 0 aliphatic carbocycles. The summed E-state index contributed by atoms with van der Waals surface area (Å²) in [4.78, 5) is 13.1. The summed E-state index contributed by atoms with van der Waals surface area (Å²) in [7, 11) is 1.95. The van der Waals surface area contributed by atoms with E-state index < -0.39 is 0 Å². The van der Waals surface area contributed by atoms with Gasteiger partial charge in [-0.25, -0.2) is 9.97 Å². The van der Waals surface area contributed by atoms with Crippen LogP contribution >= 0.6 is 0 Å². The van der Waals surface area contributed by atoms with Crippen molar-refractivity contribution < 1.29 is 0 Å². The minimum atomic E-state index is 0.168. The van der Waals surface area contributed by atoms with Crippen LogP contribution in [0.2, 0.25) is 0 Å². The van der Waals surface area contributed by atoms with Crippen molar-refractivity contribution >= 4 is 0 Å². The van der Waals surface area contributed by atoms with Crippen LogP contribution in [0.1, 0.15) is 35.7 Å². The Morgan fingerprint density at radius 2 is 2.05 bits per heavy atom. The quantitative estimate of drug-likeness (QED) is 0.891. The van der Waals surface area contributed by atoms with Crippen LogP contribution in [0, 0.1) is 6.92 Å². The van der Waals surface area contributed by atoms with Crippen molar-refractivity contribution in [2.45, 2.75) is 32.7 Å². The van der Waals surface area contributed by atoms with E-state index in [1.165, 1.54) is 5.56 Å². The summed E-state index contributed by atoms with van der Waals surface area (Å²) >= 11 is 0. The third kappa shape index (κ3) is 3.58. The van der Waals surface area contributed by atoms with Gasteiger partial charge in [0.1, 0.15) is 5.82 Å². The Hall–Kier alpha value is -1.81. The van der Waals surface area contributed by atoms with E-state index in [9.17, 15) is 0 Å². The minimum absolute atomic E-state index is 0.168. The average Bonchev–Trinajstić information content (AvgIpc) is 2.45. The highest BCUT2D eigenvalue weighted by Gasteiger charge is 2.12. The van der Waals surface area contributed by atoms with Crippen LogP contribution < -0.4 is 5.32 Å². The molecule has 4 nitrogen and oxygen atoms in total. The SMILES string of the molecule is CCc1ccc(CC(NC)c2ccnc(C)n2)nc1. The third-order valence-electron chi connectivity index (χ3n) is 3.21. The van der Waals surface area contributed by atoms with E-state index in [4.69, 9.17) is 0 Å². The Morgan fingerprint density at radius 3 is 2.63 bits per heavy atom. The molecule has 0 aliphatic rings. The molecule has 2 rings (SSSR count). The van der Waals surface area contributed by atoms with Gasteiger partial charge in [-0.15, -0.1) is 0 Å². The lowest BCUT2D eigenvalue weighted by Crippen LogP contribution is -2.21. The lowest BCUT2D eigenvalue weighted by molar-refractivity contribution is 0.565. The molecule has 0 amide bonds.